The number of rotatable bonds is 10. The highest BCUT2D eigenvalue weighted by Crippen LogP contribution is 2.47. The van der Waals surface area contributed by atoms with Crippen LogP contribution in [0.25, 0.3) is 10.9 Å². The first kappa shape index (κ1) is 23.8. The summed E-state index contributed by atoms with van der Waals surface area (Å²) in [4.78, 5) is 39.0. The number of para-hydroxylation sites is 1. The first-order chi connectivity index (χ1) is 15.2. The van der Waals surface area contributed by atoms with Crippen LogP contribution in [0.1, 0.15) is 36.4 Å². The number of carbonyl (C=O) groups excluding carboxylic acids is 2. The number of aromatic nitrogens is 1. The third-order valence-corrected chi connectivity index (χ3v) is 6.75. The lowest BCUT2D eigenvalue weighted by Crippen LogP contribution is -2.50. The molecule has 0 aliphatic carbocycles. The molecule has 1 aromatic carbocycles. The molecular weight excluding hydrogens is 433 g/mol. The average Bonchev–Trinajstić information content (AvgIpc) is 3.43. The van der Waals surface area contributed by atoms with E-state index in [9.17, 15) is 19.0 Å². The molecule has 2 heterocycles. The van der Waals surface area contributed by atoms with Crippen LogP contribution in [0.2, 0.25) is 0 Å². The topological polar surface area (TPSA) is 134 Å². The third kappa shape index (κ3) is 5.68. The van der Waals surface area contributed by atoms with Gasteiger partial charge in [-0.25, -0.2) is 0 Å². The smallest absolute Gasteiger partial charge is 0.350 e. The molecule has 3 rings (SSSR count). The summed E-state index contributed by atoms with van der Waals surface area (Å²) in [5.41, 5.74) is 1.64. The highest BCUT2D eigenvalue weighted by Gasteiger charge is 2.36. The van der Waals surface area contributed by atoms with Crippen LogP contribution in [0.15, 0.2) is 53.3 Å². The average molecular weight is 461 g/mol. The number of nitrogens with one attached hydrogen (secondary N) is 3. The molecule has 0 saturated heterocycles. The molecule has 0 radical (unpaired) electrons. The van der Waals surface area contributed by atoms with E-state index in [1.165, 1.54) is 12.3 Å². The Kier molecular flexibility index (Phi) is 7.56. The number of H-pyrrole nitrogens is 1. The number of benzene rings is 1. The minimum absolute atomic E-state index is 0.0674. The summed E-state index contributed by atoms with van der Waals surface area (Å²) in [6.45, 7) is 3.82. The van der Waals surface area contributed by atoms with Gasteiger partial charge in [0, 0.05) is 30.6 Å². The van der Waals surface area contributed by atoms with Crippen LogP contribution in [0.3, 0.4) is 0 Å². The Balaban J connectivity index is 1.81. The molecule has 0 fully saturated rings. The zero-order chi connectivity index (χ0) is 23.3. The summed E-state index contributed by atoms with van der Waals surface area (Å²) in [7, 11) is -3.07. The molecule has 4 N–H and O–H groups in total. The van der Waals surface area contributed by atoms with Gasteiger partial charge in [0.1, 0.15) is 11.8 Å². The van der Waals surface area contributed by atoms with E-state index >= 15 is 0 Å². The van der Waals surface area contributed by atoms with Gasteiger partial charge in [0.15, 0.2) is 5.76 Å². The van der Waals surface area contributed by atoms with Crippen molar-refractivity contribution in [3.63, 3.8) is 0 Å². The molecule has 0 aliphatic rings. The van der Waals surface area contributed by atoms with Crippen molar-refractivity contribution in [2.75, 3.05) is 7.11 Å². The molecule has 3 aromatic rings. The summed E-state index contributed by atoms with van der Waals surface area (Å²) in [6, 6.07) is 9.67. The fraction of sp³-hybridized carbons (Fsp3) is 0.364. The molecule has 1 unspecified atom stereocenters. The summed E-state index contributed by atoms with van der Waals surface area (Å²) >= 11 is 0. The molecule has 0 aliphatic heterocycles. The molecule has 3 atom stereocenters. The molecule has 2 amide bonds. The van der Waals surface area contributed by atoms with Crippen LogP contribution in [0, 0.1) is 5.92 Å². The second kappa shape index (κ2) is 10.2. The number of hydrogen-bond donors (Lipinski definition) is 4. The molecule has 2 aromatic heterocycles. The van der Waals surface area contributed by atoms with Gasteiger partial charge in [-0.1, -0.05) is 32.0 Å². The van der Waals surface area contributed by atoms with Crippen LogP contribution >= 0.6 is 7.60 Å². The van der Waals surface area contributed by atoms with E-state index in [2.05, 4.69) is 15.6 Å². The van der Waals surface area contributed by atoms with Crippen molar-refractivity contribution < 1.29 is 28.0 Å². The predicted molar refractivity (Wildman–Crippen MR) is 120 cm³/mol. The molecule has 0 saturated carbocycles. The third-order valence-electron chi connectivity index (χ3n) is 5.13. The Labute approximate surface area is 186 Å². The summed E-state index contributed by atoms with van der Waals surface area (Å²) in [6.07, 6.45) is 3.51. The van der Waals surface area contributed by atoms with Gasteiger partial charge in [0.2, 0.25) is 5.91 Å². The minimum Gasteiger partial charge on any atom is -0.459 e. The van der Waals surface area contributed by atoms with Crippen LogP contribution in [-0.4, -0.2) is 40.6 Å². The second-order valence-electron chi connectivity index (χ2n) is 7.97. The number of hydrogen-bond acceptors (Lipinski definition) is 5. The standard InChI is InChI=1S/C22H28N3O6P/c1-14(2)11-18(24-22(27)19-9-6-10-31-19)21(26)25-20(32(28,29)30-3)12-15-13-23-17-8-5-4-7-16(15)17/h4-10,13-14,18,20,23H,11-12H2,1-3H3,(H,24,27)(H,25,26)(H,28,29)/t18-,20-/m0/s1. The van der Waals surface area contributed by atoms with E-state index in [0.717, 1.165) is 23.6 Å². The van der Waals surface area contributed by atoms with E-state index in [1.54, 1.807) is 12.3 Å². The summed E-state index contributed by atoms with van der Waals surface area (Å²) in [5, 5.41) is 6.16. The number of furan rings is 1. The van der Waals surface area contributed by atoms with E-state index in [1.807, 2.05) is 38.1 Å². The first-order valence-electron chi connectivity index (χ1n) is 10.3. The van der Waals surface area contributed by atoms with Gasteiger partial charge in [-0.15, -0.1) is 0 Å². The molecule has 172 valence electrons. The summed E-state index contributed by atoms with van der Waals surface area (Å²) in [5.74, 6) is -2.16. The highest BCUT2D eigenvalue weighted by molar-refractivity contribution is 7.53. The zero-order valence-electron chi connectivity index (χ0n) is 18.2. The van der Waals surface area contributed by atoms with Gasteiger partial charge in [-0.05, 0) is 36.1 Å². The maximum atomic E-state index is 13.1. The molecule has 0 spiro atoms. The SMILES string of the molecule is COP(=O)(O)[C@@H](Cc1c[nH]c2ccccc12)NC(=O)[C@H](CC(C)C)NC(=O)c1ccco1. The lowest BCUT2D eigenvalue weighted by Gasteiger charge is -2.26. The van der Waals surface area contributed by atoms with Gasteiger partial charge in [-0.2, -0.15) is 0 Å². The lowest BCUT2D eigenvalue weighted by molar-refractivity contribution is -0.123. The predicted octanol–water partition coefficient (Wildman–Crippen LogP) is 3.42. The van der Waals surface area contributed by atoms with Crippen LogP contribution in [-0.2, 0) is 20.3 Å². The van der Waals surface area contributed by atoms with E-state index in [0.29, 0.717) is 6.42 Å². The molecule has 0 bridgehead atoms. The van der Waals surface area contributed by atoms with Crippen molar-refractivity contribution in [3.05, 3.63) is 60.2 Å². The van der Waals surface area contributed by atoms with Crippen molar-refractivity contribution in [2.45, 2.75) is 38.5 Å². The summed E-state index contributed by atoms with van der Waals surface area (Å²) < 4.78 is 22.7. The van der Waals surface area contributed by atoms with Crippen LogP contribution in [0.4, 0.5) is 0 Å². The van der Waals surface area contributed by atoms with E-state index in [-0.39, 0.29) is 18.1 Å². The Hall–Kier alpha value is -2.87. The Morgan fingerprint density at radius 3 is 2.59 bits per heavy atom. The maximum Gasteiger partial charge on any atom is 0.350 e. The molecular formula is C22H28N3O6P. The van der Waals surface area contributed by atoms with Gasteiger partial charge in [0.25, 0.3) is 5.91 Å². The van der Waals surface area contributed by atoms with Gasteiger partial charge in [-0.3, -0.25) is 14.2 Å². The highest BCUT2D eigenvalue weighted by atomic mass is 31.2. The number of amides is 2. The molecule has 10 heteroatoms. The normalized spacial score (nSPS) is 15.3. The maximum absolute atomic E-state index is 13.1. The second-order valence-corrected chi connectivity index (χ2v) is 10.1. The Morgan fingerprint density at radius 2 is 1.94 bits per heavy atom. The van der Waals surface area contributed by atoms with Crippen molar-refractivity contribution >= 4 is 30.3 Å². The lowest BCUT2D eigenvalue weighted by atomic mass is 10.0. The number of fused-ring (bicyclic) bond motifs is 1. The zero-order valence-corrected chi connectivity index (χ0v) is 19.1. The largest absolute Gasteiger partial charge is 0.459 e. The monoisotopic (exact) mass is 461 g/mol. The van der Waals surface area contributed by atoms with Crippen molar-refractivity contribution in [2.24, 2.45) is 5.92 Å². The number of carbonyl (C=O) groups is 2. The molecule has 9 nitrogen and oxygen atoms in total. The van der Waals surface area contributed by atoms with Crippen molar-refractivity contribution in [1.29, 1.82) is 0 Å². The van der Waals surface area contributed by atoms with E-state index in [4.69, 9.17) is 8.94 Å². The quantitative estimate of drug-likeness (QED) is 0.342. The number of aromatic amines is 1. The minimum atomic E-state index is -4.19. The van der Waals surface area contributed by atoms with Gasteiger partial charge >= 0.3 is 7.60 Å². The molecule has 32 heavy (non-hydrogen) atoms. The van der Waals surface area contributed by atoms with Crippen molar-refractivity contribution in [3.8, 4) is 0 Å². The van der Waals surface area contributed by atoms with Gasteiger partial charge in [0.05, 0.1) is 6.26 Å². The van der Waals surface area contributed by atoms with Crippen LogP contribution < -0.4 is 10.6 Å². The van der Waals surface area contributed by atoms with E-state index < -0.39 is 31.2 Å². The first-order valence-corrected chi connectivity index (χ1v) is 11.9. The fourth-order valence-corrected chi connectivity index (χ4v) is 4.46. The van der Waals surface area contributed by atoms with Crippen molar-refractivity contribution in [1.82, 2.24) is 15.6 Å². The Bertz CT molecular complexity index is 1110. The fourth-order valence-electron chi connectivity index (χ4n) is 3.49. The Morgan fingerprint density at radius 1 is 1.19 bits per heavy atom. The van der Waals surface area contributed by atoms with Gasteiger partial charge < -0.3 is 29.5 Å². The van der Waals surface area contributed by atoms with Crippen LogP contribution in [0.5, 0.6) is 0 Å².